The molecule has 0 N–H and O–H groups in total. The van der Waals surface area contributed by atoms with Gasteiger partial charge in [0.15, 0.2) is 34.7 Å². The molecule has 482 valence electrons. The summed E-state index contributed by atoms with van der Waals surface area (Å²) in [7, 11) is -9.78. The lowest BCUT2D eigenvalue weighted by Crippen LogP contribution is -2.14. The standard InChI is InChI=1S/C74H62N4O14P4/c1-41(2)71(83)57-39-67(89-93-75-31-27-53(45(7)79)59(75)35-49-19-11-15-23-63(49)85-93)69(73(43(57)5)91-95-77-33-29-55(47(9)81)61(77)37-51-21-13-17-25-65(51)87-95)70-68(90-94-76-32-28-54(46(8)80)60(76)36-50-20-12-16-24-64(50)86-94)40-58(72(84)42(3)4)44(6)74(70)92-96-78-34-30-56(48(10)82)62(78)38-52-22-14-18-26-66(52)88-96/h11-34,39-40H,1,3,35-38H2,2,4-10H3. The van der Waals surface area contributed by atoms with Gasteiger partial charge in [0, 0.05) is 140 Å². The van der Waals surface area contributed by atoms with Gasteiger partial charge in [0.2, 0.25) is 0 Å². The quantitative estimate of drug-likeness (QED) is 0.0474. The Bertz CT molecular complexity index is 4700. The predicted octanol–water partition coefficient (Wildman–Crippen LogP) is 18.1. The Morgan fingerprint density at radius 1 is 0.365 bits per heavy atom. The van der Waals surface area contributed by atoms with Crippen molar-refractivity contribution in [1.29, 1.82) is 0 Å². The van der Waals surface area contributed by atoms with Crippen molar-refractivity contribution in [1.82, 2.24) is 17.4 Å². The van der Waals surface area contributed by atoms with Crippen molar-refractivity contribution in [3.05, 3.63) is 272 Å². The number of ketones is 6. The van der Waals surface area contributed by atoms with Crippen molar-refractivity contribution in [3.8, 4) is 57.1 Å². The lowest BCUT2D eigenvalue weighted by molar-refractivity contribution is 0.100. The van der Waals surface area contributed by atoms with Crippen LogP contribution < -0.4 is 36.2 Å². The van der Waals surface area contributed by atoms with Crippen molar-refractivity contribution >= 4 is 68.8 Å². The van der Waals surface area contributed by atoms with Gasteiger partial charge in [-0.25, -0.2) is 0 Å². The molecule has 10 aromatic rings. The van der Waals surface area contributed by atoms with E-state index in [-0.39, 0.29) is 116 Å². The number of hydrogen-bond acceptors (Lipinski definition) is 14. The molecular weight excluding hydrogens is 1290 g/mol. The summed E-state index contributed by atoms with van der Waals surface area (Å²) in [6.07, 6.45) is 8.09. The van der Waals surface area contributed by atoms with Gasteiger partial charge in [-0.1, -0.05) is 86.0 Å². The summed E-state index contributed by atoms with van der Waals surface area (Å²) < 4.78 is 66.1. The fourth-order valence-corrected chi connectivity index (χ4v) is 18.3. The molecule has 0 radical (unpaired) electrons. The number of carbonyl (C=O) groups is 6. The van der Waals surface area contributed by atoms with E-state index >= 15 is 9.59 Å². The van der Waals surface area contributed by atoms with Crippen LogP contribution in [0.3, 0.4) is 0 Å². The molecule has 4 unspecified atom stereocenters. The van der Waals surface area contributed by atoms with Crippen LogP contribution in [0.15, 0.2) is 183 Å². The maximum Gasteiger partial charge on any atom is 0.421 e. The Kier molecular flexibility index (Phi) is 16.7. The second kappa shape index (κ2) is 25.3. The third-order valence-corrected chi connectivity index (χ3v) is 23.0. The van der Waals surface area contributed by atoms with Crippen LogP contribution >= 0.6 is 34.1 Å². The van der Waals surface area contributed by atoms with Gasteiger partial charge >= 0.3 is 34.1 Å². The minimum atomic E-state index is -2.45. The van der Waals surface area contributed by atoms with Crippen LogP contribution in [0.1, 0.15) is 160 Å². The number of hydrogen-bond donors (Lipinski definition) is 0. The van der Waals surface area contributed by atoms with Gasteiger partial charge in [-0.05, 0) is 127 Å². The van der Waals surface area contributed by atoms with Gasteiger partial charge in [0.1, 0.15) is 46.0 Å². The second-order valence-electron chi connectivity index (χ2n) is 23.8. The number of rotatable bonds is 17. The fourth-order valence-electron chi connectivity index (χ4n) is 12.4. The minimum Gasteiger partial charge on any atom is -0.422 e. The van der Waals surface area contributed by atoms with Crippen molar-refractivity contribution in [2.24, 2.45) is 0 Å². The molecule has 4 aliphatic heterocycles. The molecule has 0 spiro atoms. The molecule has 0 aliphatic carbocycles. The van der Waals surface area contributed by atoms with Crippen LogP contribution in [0, 0.1) is 13.8 Å². The first-order valence-corrected chi connectivity index (χ1v) is 35.3. The zero-order valence-corrected chi connectivity index (χ0v) is 57.1. The number of para-hydroxylation sites is 4. The minimum absolute atomic E-state index is 0.0112. The van der Waals surface area contributed by atoms with Gasteiger partial charge in [-0.3, -0.25) is 46.1 Å². The van der Waals surface area contributed by atoms with Crippen molar-refractivity contribution < 1.29 is 65.0 Å². The monoisotopic (exact) mass is 1350 g/mol. The van der Waals surface area contributed by atoms with E-state index in [1.54, 1.807) is 106 Å². The second-order valence-corrected chi connectivity index (χ2v) is 28.9. The summed E-state index contributed by atoms with van der Waals surface area (Å²) in [5.41, 5.74) is 8.48. The fraction of sp³-hybridized carbons (Fsp3) is 0.162. The van der Waals surface area contributed by atoms with Crippen LogP contribution in [0.4, 0.5) is 0 Å². The van der Waals surface area contributed by atoms with Gasteiger partial charge in [-0.2, -0.15) is 0 Å². The number of fused-ring (bicyclic) bond motifs is 8. The zero-order chi connectivity index (χ0) is 67.1. The number of Topliss-reactive ketones (excluding diaryl/α,β-unsaturated/α-hetero) is 6. The molecule has 6 aromatic carbocycles. The number of allylic oxidation sites excluding steroid dienone is 2. The van der Waals surface area contributed by atoms with E-state index in [1.807, 2.05) is 97.1 Å². The van der Waals surface area contributed by atoms with Crippen molar-refractivity contribution in [2.45, 2.75) is 81.1 Å². The molecule has 0 saturated carbocycles. The summed E-state index contributed by atoms with van der Waals surface area (Å²) in [4.78, 5) is 85.2. The number of nitrogens with zero attached hydrogens (tertiary/aromatic N) is 4. The Morgan fingerprint density at radius 2 is 0.615 bits per heavy atom. The third kappa shape index (κ3) is 11.3. The number of benzene rings is 6. The first-order valence-electron chi connectivity index (χ1n) is 30.8. The van der Waals surface area contributed by atoms with Crippen LogP contribution in [0.5, 0.6) is 46.0 Å². The van der Waals surface area contributed by atoms with E-state index in [1.165, 1.54) is 27.7 Å². The highest BCUT2D eigenvalue weighted by Crippen LogP contribution is 2.63. The molecule has 0 saturated heterocycles. The highest BCUT2D eigenvalue weighted by molar-refractivity contribution is 7.47. The van der Waals surface area contributed by atoms with Gasteiger partial charge < -0.3 is 36.2 Å². The summed E-state index contributed by atoms with van der Waals surface area (Å²) in [5.74, 6) is 0.0315. The number of aromatic nitrogens is 4. The maximum atomic E-state index is 15.3. The summed E-state index contributed by atoms with van der Waals surface area (Å²) in [6, 6.07) is 40.0. The van der Waals surface area contributed by atoms with E-state index in [4.69, 9.17) is 36.2 Å². The highest BCUT2D eigenvalue weighted by atomic mass is 31.2. The SMILES string of the molecule is C=C(C)C(=O)c1cc(OP2Oc3ccccc3Cc3c(C(C)=O)ccn32)c(-c2c(OP3Oc4ccccc4Cc4c(C(C)=O)ccn43)cc(C(=O)C(=C)C)c(C)c2OP2Oc3ccccc3Cc3c(C(C)=O)ccn32)c(OP2Oc3ccccc3Cc3c(C(C)=O)ccn32)c1C. The molecule has 4 aliphatic rings. The third-order valence-electron chi connectivity index (χ3n) is 17.3. The first-order chi connectivity index (χ1) is 46.2. The summed E-state index contributed by atoms with van der Waals surface area (Å²) in [6.45, 7) is 20.9. The molecule has 4 atom stereocenters. The predicted molar refractivity (Wildman–Crippen MR) is 369 cm³/mol. The molecule has 0 bridgehead atoms. The summed E-state index contributed by atoms with van der Waals surface area (Å²) in [5, 5.41) is 0. The van der Waals surface area contributed by atoms with Crippen molar-refractivity contribution in [3.63, 3.8) is 0 Å². The summed E-state index contributed by atoms with van der Waals surface area (Å²) >= 11 is 0. The average Bonchev–Trinajstić information content (AvgIpc) is 0.907. The molecule has 22 heteroatoms. The smallest absolute Gasteiger partial charge is 0.421 e. The van der Waals surface area contributed by atoms with E-state index in [0.717, 1.165) is 22.3 Å². The molecule has 0 amide bonds. The van der Waals surface area contributed by atoms with Crippen LogP contribution in [-0.2, 0) is 25.7 Å². The highest BCUT2D eigenvalue weighted by Gasteiger charge is 2.42. The topological polar surface area (TPSA) is 196 Å². The molecule has 96 heavy (non-hydrogen) atoms. The largest absolute Gasteiger partial charge is 0.422 e. The number of carbonyl (C=O) groups excluding carboxylic acids is 6. The van der Waals surface area contributed by atoms with Crippen LogP contribution in [0.2, 0.25) is 0 Å². The first kappa shape index (κ1) is 63.5. The van der Waals surface area contributed by atoms with Crippen molar-refractivity contribution in [2.75, 3.05) is 0 Å². The maximum absolute atomic E-state index is 15.3. The van der Waals surface area contributed by atoms with Crippen LogP contribution in [0.25, 0.3) is 11.1 Å². The Balaban J connectivity index is 1.12. The lowest BCUT2D eigenvalue weighted by Gasteiger charge is -2.30. The molecular formula is C74H62N4O14P4. The van der Waals surface area contributed by atoms with E-state index in [9.17, 15) is 19.2 Å². The van der Waals surface area contributed by atoms with E-state index < -0.39 is 45.7 Å². The normalized spacial score (nSPS) is 16.2. The molecule has 14 rings (SSSR count). The average molecular weight is 1360 g/mol. The van der Waals surface area contributed by atoms with Crippen LogP contribution in [-0.4, -0.2) is 52.0 Å². The Labute approximate surface area is 558 Å². The Hall–Kier alpha value is -9.94. The van der Waals surface area contributed by atoms with E-state index in [0.29, 0.717) is 68.0 Å². The van der Waals surface area contributed by atoms with E-state index in [2.05, 4.69) is 13.2 Å². The molecule has 18 nitrogen and oxygen atoms in total. The molecule has 8 heterocycles. The van der Waals surface area contributed by atoms with Gasteiger partial charge in [-0.15, -0.1) is 0 Å². The molecule has 4 aromatic heterocycles. The molecule has 0 fully saturated rings. The Morgan fingerprint density at radius 3 is 0.865 bits per heavy atom. The lowest BCUT2D eigenvalue weighted by atomic mass is 9.89. The van der Waals surface area contributed by atoms with Gasteiger partial charge in [0.05, 0.1) is 11.1 Å². The van der Waals surface area contributed by atoms with Gasteiger partial charge in [0.25, 0.3) is 0 Å². The zero-order valence-electron chi connectivity index (χ0n) is 53.5.